The summed E-state index contributed by atoms with van der Waals surface area (Å²) in [4.78, 5) is 26.3. The first-order valence-electron chi connectivity index (χ1n) is 12.3. The molecule has 3 aromatic rings. The third kappa shape index (κ3) is 5.53. The smallest absolute Gasteiger partial charge is 0.227 e. The predicted octanol–water partition coefficient (Wildman–Crippen LogP) is 5.58. The van der Waals surface area contributed by atoms with Gasteiger partial charge < -0.3 is 10.6 Å². The van der Waals surface area contributed by atoms with Crippen LogP contribution in [0.3, 0.4) is 0 Å². The maximum absolute atomic E-state index is 13.2. The summed E-state index contributed by atoms with van der Waals surface area (Å²) < 4.78 is 1.97. The molecular formula is C27H37N5O2. The van der Waals surface area contributed by atoms with Crippen molar-refractivity contribution in [1.29, 1.82) is 0 Å². The van der Waals surface area contributed by atoms with E-state index in [0.717, 1.165) is 53.2 Å². The average molecular weight is 464 g/mol. The van der Waals surface area contributed by atoms with Crippen molar-refractivity contribution in [2.45, 2.75) is 72.4 Å². The Morgan fingerprint density at radius 3 is 2.41 bits per heavy atom. The summed E-state index contributed by atoms with van der Waals surface area (Å²) >= 11 is 0. The van der Waals surface area contributed by atoms with E-state index in [1.54, 1.807) is 4.90 Å². The number of fused-ring (bicyclic) bond motifs is 5. The van der Waals surface area contributed by atoms with Gasteiger partial charge in [0.25, 0.3) is 0 Å². The van der Waals surface area contributed by atoms with Gasteiger partial charge in [-0.15, -0.1) is 5.10 Å². The molecule has 0 fully saturated rings. The van der Waals surface area contributed by atoms with E-state index >= 15 is 0 Å². The van der Waals surface area contributed by atoms with Gasteiger partial charge in [-0.3, -0.25) is 9.59 Å². The number of aromatic nitrogens is 3. The summed E-state index contributed by atoms with van der Waals surface area (Å²) in [6.07, 6.45) is 4.64. The first-order valence-corrected chi connectivity index (χ1v) is 12.3. The number of benzene rings is 2. The Bertz CT molecular complexity index is 1130. The second kappa shape index (κ2) is 12.1. The fourth-order valence-electron chi connectivity index (χ4n) is 4.25. The maximum atomic E-state index is 13.2. The molecule has 0 saturated heterocycles. The van der Waals surface area contributed by atoms with E-state index < -0.39 is 5.91 Å². The van der Waals surface area contributed by atoms with Crippen molar-refractivity contribution >= 4 is 17.5 Å². The van der Waals surface area contributed by atoms with Crippen molar-refractivity contribution in [1.82, 2.24) is 15.0 Å². The van der Waals surface area contributed by atoms with Gasteiger partial charge in [0.15, 0.2) is 0 Å². The molecule has 0 bridgehead atoms. The molecule has 1 aliphatic heterocycles. The zero-order valence-electron chi connectivity index (χ0n) is 20.5. The second-order valence-corrected chi connectivity index (χ2v) is 8.19. The summed E-state index contributed by atoms with van der Waals surface area (Å²) in [6.45, 7) is 7.37. The van der Waals surface area contributed by atoms with Gasteiger partial charge in [-0.1, -0.05) is 87.7 Å². The second-order valence-electron chi connectivity index (χ2n) is 8.19. The SMILES string of the molecule is CC.CCCCCCn1nnc2c1-c1ccccc1N(C(=O)CCC(N)=O)Cc1ccccc1-2.[HH]. The largest absolute Gasteiger partial charge is 0.370 e. The van der Waals surface area contributed by atoms with Gasteiger partial charge in [0.05, 0.1) is 17.9 Å². The molecule has 0 spiro atoms. The predicted molar refractivity (Wildman–Crippen MR) is 138 cm³/mol. The third-order valence-electron chi connectivity index (χ3n) is 5.90. The number of para-hydroxylation sites is 1. The molecule has 182 valence electrons. The summed E-state index contributed by atoms with van der Waals surface area (Å²) in [5, 5.41) is 9.08. The number of anilines is 1. The van der Waals surface area contributed by atoms with Gasteiger partial charge in [-0.05, 0) is 18.1 Å². The molecule has 0 atom stereocenters. The van der Waals surface area contributed by atoms with Crippen LogP contribution in [0.1, 0.15) is 66.3 Å². The van der Waals surface area contributed by atoms with Crippen molar-refractivity contribution in [3.8, 4) is 22.5 Å². The van der Waals surface area contributed by atoms with Gasteiger partial charge in [0, 0.05) is 31.9 Å². The molecule has 34 heavy (non-hydrogen) atoms. The molecule has 0 saturated carbocycles. The molecule has 0 aliphatic carbocycles. The summed E-state index contributed by atoms with van der Waals surface area (Å²) in [7, 11) is 0. The number of amides is 2. The molecule has 4 rings (SSSR count). The Kier molecular flexibility index (Phi) is 8.96. The van der Waals surface area contributed by atoms with Crippen LogP contribution in [-0.2, 0) is 22.7 Å². The minimum absolute atomic E-state index is 0. The monoisotopic (exact) mass is 463 g/mol. The Balaban J connectivity index is 0.00000140. The Morgan fingerprint density at radius 1 is 0.971 bits per heavy atom. The number of carbonyl (C=O) groups is 2. The highest BCUT2D eigenvalue weighted by atomic mass is 16.2. The van der Waals surface area contributed by atoms with Gasteiger partial charge in [-0.25, -0.2) is 4.68 Å². The molecule has 2 amide bonds. The molecule has 2 N–H and O–H groups in total. The van der Waals surface area contributed by atoms with Crippen LogP contribution < -0.4 is 10.6 Å². The normalized spacial score (nSPS) is 11.8. The summed E-state index contributed by atoms with van der Waals surface area (Å²) in [5.74, 6) is -0.604. The van der Waals surface area contributed by atoms with Gasteiger partial charge >= 0.3 is 0 Å². The van der Waals surface area contributed by atoms with Crippen LogP contribution in [0.15, 0.2) is 48.5 Å². The first kappa shape index (κ1) is 25.1. The number of unbranched alkanes of at least 4 members (excludes halogenated alkanes) is 3. The number of nitrogens with zero attached hydrogens (tertiary/aromatic N) is 4. The van der Waals surface area contributed by atoms with Crippen molar-refractivity contribution in [2.24, 2.45) is 5.73 Å². The Morgan fingerprint density at radius 2 is 1.68 bits per heavy atom. The molecule has 1 aliphatic rings. The Labute approximate surface area is 203 Å². The topological polar surface area (TPSA) is 94.1 Å². The van der Waals surface area contributed by atoms with Crippen LogP contribution in [0, 0.1) is 0 Å². The summed E-state index contributed by atoms with van der Waals surface area (Å²) in [5.41, 5.74) is 10.8. The number of rotatable bonds is 8. The number of carbonyl (C=O) groups excluding carboxylic acids is 2. The zero-order valence-corrected chi connectivity index (χ0v) is 20.5. The molecule has 0 unspecified atom stereocenters. The van der Waals surface area contributed by atoms with Gasteiger partial charge in [0.1, 0.15) is 5.69 Å². The molecule has 2 heterocycles. The molecule has 1 aromatic heterocycles. The van der Waals surface area contributed by atoms with E-state index in [-0.39, 0.29) is 20.2 Å². The van der Waals surface area contributed by atoms with Crippen LogP contribution in [0.2, 0.25) is 0 Å². The average Bonchev–Trinajstić information content (AvgIpc) is 3.27. The van der Waals surface area contributed by atoms with Crippen molar-refractivity contribution in [3.05, 3.63) is 54.1 Å². The fraction of sp³-hybridized carbons (Fsp3) is 0.407. The number of nitrogens with two attached hydrogens (primary N) is 1. The molecule has 2 aromatic carbocycles. The van der Waals surface area contributed by atoms with Crippen molar-refractivity contribution in [3.63, 3.8) is 0 Å². The van der Waals surface area contributed by atoms with E-state index in [1.807, 2.05) is 67.1 Å². The lowest BCUT2D eigenvalue weighted by Gasteiger charge is -2.28. The number of primary amides is 1. The quantitative estimate of drug-likeness (QED) is 0.441. The summed E-state index contributed by atoms with van der Waals surface area (Å²) in [6, 6.07) is 15.9. The molecular weight excluding hydrogens is 426 g/mol. The zero-order chi connectivity index (χ0) is 24.5. The van der Waals surface area contributed by atoms with Crippen molar-refractivity contribution in [2.75, 3.05) is 4.90 Å². The lowest BCUT2D eigenvalue weighted by Crippen LogP contribution is -2.32. The van der Waals surface area contributed by atoms with Crippen LogP contribution in [0.25, 0.3) is 22.5 Å². The highest BCUT2D eigenvalue weighted by Crippen LogP contribution is 2.41. The van der Waals surface area contributed by atoms with Crippen LogP contribution in [0.4, 0.5) is 5.69 Å². The fourth-order valence-corrected chi connectivity index (χ4v) is 4.25. The van der Waals surface area contributed by atoms with Crippen LogP contribution in [0.5, 0.6) is 0 Å². The number of aryl methyl sites for hydroxylation is 1. The van der Waals surface area contributed by atoms with E-state index in [4.69, 9.17) is 5.73 Å². The molecule has 0 radical (unpaired) electrons. The van der Waals surface area contributed by atoms with Gasteiger partial charge in [-0.2, -0.15) is 0 Å². The standard InChI is InChI=1S/C25H29N5O2.C2H6.H2/c1-2-3-4-9-16-30-25-20-12-7-8-13-21(20)29(23(32)15-14-22(26)31)17-18-10-5-6-11-19(18)24(25)27-28-30;1-2;/h5-8,10-13H,2-4,9,14-17H2,1H3,(H2,26,31);1-2H3;1H. The van der Waals surface area contributed by atoms with E-state index in [0.29, 0.717) is 6.54 Å². The Hall–Kier alpha value is -3.48. The minimum atomic E-state index is -0.476. The van der Waals surface area contributed by atoms with E-state index in [9.17, 15) is 9.59 Å². The van der Waals surface area contributed by atoms with Crippen molar-refractivity contribution < 1.29 is 11.0 Å². The van der Waals surface area contributed by atoms with Crippen LogP contribution >= 0.6 is 0 Å². The minimum Gasteiger partial charge on any atom is -0.370 e. The van der Waals surface area contributed by atoms with Crippen LogP contribution in [-0.4, -0.2) is 26.8 Å². The van der Waals surface area contributed by atoms with E-state index in [1.165, 1.54) is 12.8 Å². The lowest BCUT2D eigenvalue weighted by molar-refractivity contribution is -0.123. The first-order chi connectivity index (χ1) is 16.6. The molecule has 7 heteroatoms. The molecule has 7 nitrogen and oxygen atoms in total. The third-order valence-corrected chi connectivity index (χ3v) is 5.90. The highest BCUT2D eigenvalue weighted by Gasteiger charge is 2.28. The highest BCUT2D eigenvalue weighted by molar-refractivity contribution is 6.01. The maximum Gasteiger partial charge on any atom is 0.227 e. The lowest BCUT2D eigenvalue weighted by atomic mass is 9.95. The van der Waals surface area contributed by atoms with Gasteiger partial charge in [0.2, 0.25) is 11.8 Å². The number of hydrogen-bond acceptors (Lipinski definition) is 4. The number of hydrogen-bond donors (Lipinski definition) is 1. The van der Waals surface area contributed by atoms with E-state index in [2.05, 4.69) is 17.2 Å².